The molecule has 0 bridgehead atoms. The summed E-state index contributed by atoms with van der Waals surface area (Å²) in [5.74, 6) is -0.264. The fraction of sp³-hybridized carbons (Fsp3) is 0.250. The lowest BCUT2D eigenvalue weighted by Crippen LogP contribution is -2.32. The molecular formula is C12H14N2O3. The minimum Gasteiger partial charge on any atom is -0.495 e. The van der Waals surface area contributed by atoms with Crippen molar-refractivity contribution in [1.82, 2.24) is 4.98 Å². The highest BCUT2D eigenvalue weighted by molar-refractivity contribution is 5.89. The molecule has 0 aliphatic rings. The van der Waals surface area contributed by atoms with E-state index < -0.39 is 12.0 Å². The van der Waals surface area contributed by atoms with E-state index in [1.807, 2.05) is 18.2 Å². The van der Waals surface area contributed by atoms with Crippen molar-refractivity contribution < 1.29 is 14.6 Å². The molecule has 0 aliphatic carbocycles. The smallest absolute Gasteiger partial charge is 0.320 e. The van der Waals surface area contributed by atoms with Crippen LogP contribution in [0, 0.1) is 0 Å². The molecule has 0 saturated carbocycles. The molecule has 90 valence electrons. The summed E-state index contributed by atoms with van der Waals surface area (Å²) in [6.45, 7) is 0. The molecule has 1 atom stereocenters. The van der Waals surface area contributed by atoms with Gasteiger partial charge in [-0.15, -0.1) is 0 Å². The van der Waals surface area contributed by atoms with Gasteiger partial charge in [-0.25, -0.2) is 0 Å². The maximum absolute atomic E-state index is 10.7. The Balaban J connectivity index is 2.40. The number of para-hydroxylation sites is 1. The molecule has 1 heterocycles. The predicted octanol–water partition coefficient (Wildman–Crippen LogP) is 1.13. The molecular weight excluding hydrogens is 220 g/mol. The number of H-pyrrole nitrogens is 1. The highest BCUT2D eigenvalue weighted by Gasteiger charge is 2.15. The summed E-state index contributed by atoms with van der Waals surface area (Å²) >= 11 is 0. The van der Waals surface area contributed by atoms with Gasteiger partial charge in [0.15, 0.2) is 0 Å². The summed E-state index contributed by atoms with van der Waals surface area (Å²) in [7, 11) is 1.60. The fourth-order valence-electron chi connectivity index (χ4n) is 1.85. The zero-order valence-electron chi connectivity index (χ0n) is 9.43. The molecule has 5 heteroatoms. The second kappa shape index (κ2) is 4.47. The van der Waals surface area contributed by atoms with Crippen molar-refractivity contribution in [3.63, 3.8) is 0 Å². The number of rotatable bonds is 4. The van der Waals surface area contributed by atoms with Gasteiger partial charge in [0.1, 0.15) is 11.8 Å². The normalized spacial score (nSPS) is 12.6. The van der Waals surface area contributed by atoms with Gasteiger partial charge in [0.2, 0.25) is 0 Å². The quantitative estimate of drug-likeness (QED) is 0.740. The summed E-state index contributed by atoms with van der Waals surface area (Å²) in [5.41, 5.74) is 7.27. The minimum atomic E-state index is -0.998. The van der Waals surface area contributed by atoms with E-state index in [9.17, 15) is 4.79 Å². The highest BCUT2D eigenvalue weighted by Crippen LogP contribution is 2.27. The SMILES string of the molecule is COc1cccc2c(CC(N)C(=O)O)c[nH]c12. The number of carboxylic acids is 1. The Hall–Kier alpha value is -2.01. The number of carboxylic acid groups (broad SMARTS) is 1. The molecule has 0 spiro atoms. The van der Waals surface area contributed by atoms with Crippen molar-refractivity contribution in [2.45, 2.75) is 12.5 Å². The number of fused-ring (bicyclic) bond motifs is 1. The minimum absolute atomic E-state index is 0.294. The molecule has 0 amide bonds. The van der Waals surface area contributed by atoms with Crippen molar-refractivity contribution in [2.24, 2.45) is 5.73 Å². The van der Waals surface area contributed by atoms with Gasteiger partial charge < -0.3 is 20.6 Å². The fourth-order valence-corrected chi connectivity index (χ4v) is 1.85. The van der Waals surface area contributed by atoms with E-state index in [4.69, 9.17) is 15.6 Å². The number of aromatic amines is 1. The number of benzene rings is 1. The van der Waals surface area contributed by atoms with E-state index in [1.54, 1.807) is 13.3 Å². The highest BCUT2D eigenvalue weighted by atomic mass is 16.5. The Kier molecular flexibility index (Phi) is 3.01. The molecule has 4 N–H and O–H groups in total. The summed E-state index contributed by atoms with van der Waals surface area (Å²) in [5, 5.41) is 9.74. The van der Waals surface area contributed by atoms with Crippen molar-refractivity contribution in [2.75, 3.05) is 7.11 Å². The molecule has 0 saturated heterocycles. The standard InChI is InChI=1S/C12H14N2O3/c1-17-10-4-2-3-8-7(6-14-11(8)10)5-9(13)12(15)16/h2-4,6,9,14H,5,13H2,1H3,(H,15,16). The van der Waals surface area contributed by atoms with Gasteiger partial charge >= 0.3 is 5.97 Å². The van der Waals surface area contributed by atoms with Gasteiger partial charge in [0.25, 0.3) is 0 Å². The Bertz CT molecular complexity index is 548. The summed E-state index contributed by atoms with van der Waals surface area (Å²) in [6.07, 6.45) is 2.07. The lowest BCUT2D eigenvalue weighted by atomic mass is 10.1. The van der Waals surface area contributed by atoms with Gasteiger partial charge in [-0.05, 0) is 11.6 Å². The lowest BCUT2D eigenvalue weighted by molar-refractivity contribution is -0.138. The van der Waals surface area contributed by atoms with E-state index in [0.717, 1.165) is 22.2 Å². The first kappa shape index (κ1) is 11.5. The van der Waals surface area contributed by atoms with E-state index in [-0.39, 0.29) is 0 Å². The number of ether oxygens (including phenoxy) is 1. The second-order valence-electron chi connectivity index (χ2n) is 3.85. The van der Waals surface area contributed by atoms with E-state index in [2.05, 4.69) is 4.98 Å². The van der Waals surface area contributed by atoms with Gasteiger partial charge in [-0.2, -0.15) is 0 Å². The van der Waals surface area contributed by atoms with Crippen LogP contribution < -0.4 is 10.5 Å². The predicted molar refractivity (Wildman–Crippen MR) is 64.2 cm³/mol. The van der Waals surface area contributed by atoms with Crippen molar-refractivity contribution in [3.05, 3.63) is 30.0 Å². The number of carbonyl (C=O) groups is 1. The maximum Gasteiger partial charge on any atom is 0.320 e. The molecule has 0 radical (unpaired) electrons. The van der Waals surface area contributed by atoms with Crippen LogP contribution in [-0.4, -0.2) is 29.2 Å². The van der Waals surface area contributed by atoms with Gasteiger partial charge in [-0.3, -0.25) is 4.79 Å². The zero-order valence-corrected chi connectivity index (χ0v) is 9.43. The third-order valence-electron chi connectivity index (χ3n) is 2.74. The number of aliphatic carboxylic acids is 1. The van der Waals surface area contributed by atoms with Crippen molar-refractivity contribution in [3.8, 4) is 5.75 Å². The molecule has 5 nitrogen and oxygen atoms in total. The molecule has 0 aliphatic heterocycles. The first-order valence-electron chi connectivity index (χ1n) is 5.25. The first-order valence-corrected chi connectivity index (χ1v) is 5.25. The molecule has 1 aromatic heterocycles. The van der Waals surface area contributed by atoms with Crippen molar-refractivity contribution in [1.29, 1.82) is 0 Å². The number of nitrogens with one attached hydrogen (secondary N) is 1. The molecule has 2 rings (SSSR count). The Labute approximate surface area is 98.2 Å². The van der Waals surface area contributed by atoms with Crippen LogP contribution in [0.15, 0.2) is 24.4 Å². The maximum atomic E-state index is 10.7. The van der Waals surface area contributed by atoms with Crippen LogP contribution in [0.1, 0.15) is 5.56 Å². The number of methoxy groups -OCH3 is 1. The monoisotopic (exact) mass is 234 g/mol. The van der Waals surface area contributed by atoms with Crippen molar-refractivity contribution >= 4 is 16.9 Å². The van der Waals surface area contributed by atoms with Gasteiger partial charge in [0, 0.05) is 18.0 Å². The summed E-state index contributed by atoms with van der Waals surface area (Å²) in [6, 6.07) is 4.74. The van der Waals surface area contributed by atoms with Crippen LogP contribution in [0.5, 0.6) is 5.75 Å². The molecule has 2 aromatic rings. The van der Waals surface area contributed by atoms with Crippen LogP contribution in [0.4, 0.5) is 0 Å². The molecule has 0 fully saturated rings. The average molecular weight is 234 g/mol. The van der Waals surface area contributed by atoms with E-state index >= 15 is 0 Å². The summed E-state index contributed by atoms with van der Waals surface area (Å²) < 4.78 is 5.21. The molecule has 1 aromatic carbocycles. The number of aromatic nitrogens is 1. The average Bonchev–Trinajstić information content (AvgIpc) is 2.72. The van der Waals surface area contributed by atoms with Crippen LogP contribution in [0.2, 0.25) is 0 Å². The Morgan fingerprint density at radius 2 is 2.35 bits per heavy atom. The second-order valence-corrected chi connectivity index (χ2v) is 3.85. The third kappa shape index (κ3) is 2.09. The van der Waals surface area contributed by atoms with Crippen LogP contribution >= 0.6 is 0 Å². The molecule has 1 unspecified atom stereocenters. The Morgan fingerprint density at radius 1 is 1.59 bits per heavy atom. The summed E-state index contributed by atoms with van der Waals surface area (Å²) in [4.78, 5) is 13.8. The first-order chi connectivity index (χ1) is 8.13. The zero-order chi connectivity index (χ0) is 12.4. The van der Waals surface area contributed by atoms with Gasteiger partial charge in [-0.1, -0.05) is 12.1 Å². The number of hydrogen-bond acceptors (Lipinski definition) is 3. The lowest BCUT2D eigenvalue weighted by Gasteiger charge is -2.05. The Morgan fingerprint density at radius 3 is 3.00 bits per heavy atom. The van der Waals surface area contributed by atoms with Crippen LogP contribution in [0.25, 0.3) is 10.9 Å². The third-order valence-corrected chi connectivity index (χ3v) is 2.74. The van der Waals surface area contributed by atoms with Crippen LogP contribution in [0.3, 0.4) is 0 Å². The number of hydrogen-bond donors (Lipinski definition) is 3. The molecule has 17 heavy (non-hydrogen) atoms. The van der Waals surface area contributed by atoms with E-state index in [0.29, 0.717) is 6.42 Å². The van der Waals surface area contributed by atoms with E-state index in [1.165, 1.54) is 0 Å². The topological polar surface area (TPSA) is 88.3 Å². The number of nitrogens with two attached hydrogens (primary N) is 1. The largest absolute Gasteiger partial charge is 0.495 e. The van der Waals surface area contributed by atoms with Gasteiger partial charge in [0.05, 0.1) is 12.6 Å². The van der Waals surface area contributed by atoms with Crippen LogP contribution in [-0.2, 0) is 11.2 Å².